The lowest BCUT2D eigenvalue weighted by Crippen LogP contribution is -2.01. The Bertz CT molecular complexity index is 655. The van der Waals surface area contributed by atoms with Gasteiger partial charge in [0.05, 0.1) is 10.7 Å². The first-order valence-corrected chi connectivity index (χ1v) is 6.94. The van der Waals surface area contributed by atoms with Gasteiger partial charge in [-0.25, -0.2) is 0 Å². The van der Waals surface area contributed by atoms with Gasteiger partial charge < -0.3 is 9.88 Å². The Balaban J connectivity index is 2.17. The summed E-state index contributed by atoms with van der Waals surface area (Å²) < 4.78 is 2.84. The monoisotopic (exact) mass is 337 g/mol. The van der Waals surface area contributed by atoms with Gasteiger partial charge >= 0.3 is 0 Å². The molecule has 1 heterocycles. The first kappa shape index (κ1) is 14.0. The molecule has 0 aliphatic heterocycles. The van der Waals surface area contributed by atoms with Crippen LogP contribution in [0.2, 0.25) is 5.02 Å². The van der Waals surface area contributed by atoms with Gasteiger partial charge in [0.1, 0.15) is 11.8 Å². The van der Waals surface area contributed by atoms with Crippen LogP contribution in [0.3, 0.4) is 0 Å². The van der Waals surface area contributed by atoms with Crippen LogP contribution in [0, 0.1) is 18.3 Å². The Morgan fingerprint density at radius 2 is 2.16 bits per heavy atom. The molecule has 1 N–H and O–H groups in total. The SMILES string of the molecule is Cc1c(CNc2ccc(Br)cc2Cl)cc(C#N)n1C. The molecule has 0 atom stereocenters. The van der Waals surface area contributed by atoms with Crippen LogP contribution in [0.15, 0.2) is 28.7 Å². The van der Waals surface area contributed by atoms with E-state index in [9.17, 15) is 0 Å². The van der Waals surface area contributed by atoms with Crippen molar-refractivity contribution in [1.82, 2.24) is 4.57 Å². The maximum atomic E-state index is 9.00. The zero-order valence-electron chi connectivity index (χ0n) is 10.7. The number of aromatic nitrogens is 1. The van der Waals surface area contributed by atoms with Crippen LogP contribution in [0.1, 0.15) is 17.0 Å². The molecule has 19 heavy (non-hydrogen) atoms. The van der Waals surface area contributed by atoms with E-state index in [2.05, 4.69) is 27.3 Å². The Kier molecular flexibility index (Phi) is 4.18. The minimum atomic E-state index is 0.642. The van der Waals surface area contributed by atoms with E-state index in [1.54, 1.807) is 0 Å². The van der Waals surface area contributed by atoms with E-state index in [1.165, 1.54) is 0 Å². The van der Waals surface area contributed by atoms with Gasteiger partial charge in [-0.1, -0.05) is 27.5 Å². The zero-order valence-corrected chi connectivity index (χ0v) is 13.0. The number of nitrogens with one attached hydrogen (secondary N) is 1. The van der Waals surface area contributed by atoms with Crippen molar-refractivity contribution in [3.8, 4) is 6.07 Å². The molecule has 0 saturated heterocycles. The van der Waals surface area contributed by atoms with Gasteiger partial charge in [-0.2, -0.15) is 5.26 Å². The van der Waals surface area contributed by atoms with Crippen molar-refractivity contribution >= 4 is 33.2 Å². The lowest BCUT2D eigenvalue weighted by atomic mass is 10.2. The summed E-state index contributed by atoms with van der Waals surface area (Å²) >= 11 is 9.52. The van der Waals surface area contributed by atoms with E-state index in [4.69, 9.17) is 16.9 Å². The Morgan fingerprint density at radius 3 is 2.74 bits per heavy atom. The normalized spacial score (nSPS) is 10.3. The third-order valence-electron chi connectivity index (χ3n) is 3.16. The minimum Gasteiger partial charge on any atom is -0.380 e. The molecule has 0 saturated carbocycles. The van der Waals surface area contributed by atoms with Gasteiger partial charge in [0, 0.05) is 23.8 Å². The third kappa shape index (κ3) is 2.94. The first-order chi connectivity index (χ1) is 9.02. The van der Waals surface area contributed by atoms with E-state index < -0.39 is 0 Å². The van der Waals surface area contributed by atoms with Gasteiger partial charge in [-0.3, -0.25) is 0 Å². The van der Waals surface area contributed by atoms with Crippen molar-refractivity contribution in [2.24, 2.45) is 7.05 Å². The van der Waals surface area contributed by atoms with E-state index in [0.717, 1.165) is 21.4 Å². The van der Waals surface area contributed by atoms with Crippen LogP contribution in [0.5, 0.6) is 0 Å². The second-order valence-electron chi connectivity index (χ2n) is 4.29. The number of rotatable bonds is 3. The highest BCUT2D eigenvalue weighted by atomic mass is 79.9. The Labute approximate surface area is 125 Å². The standard InChI is InChI=1S/C14H13BrClN3/c1-9-10(5-12(7-17)19(9)2)8-18-14-4-3-11(15)6-13(14)16/h3-6,18H,8H2,1-2H3. The van der Waals surface area contributed by atoms with Crippen molar-refractivity contribution in [1.29, 1.82) is 5.26 Å². The number of hydrogen-bond acceptors (Lipinski definition) is 2. The quantitative estimate of drug-likeness (QED) is 0.909. The van der Waals surface area contributed by atoms with Gasteiger partial charge in [-0.15, -0.1) is 0 Å². The van der Waals surface area contributed by atoms with E-state index >= 15 is 0 Å². The molecular weight excluding hydrogens is 326 g/mol. The van der Waals surface area contributed by atoms with E-state index in [-0.39, 0.29) is 0 Å². The van der Waals surface area contributed by atoms with Crippen LogP contribution in [0.25, 0.3) is 0 Å². The second kappa shape index (κ2) is 5.68. The van der Waals surface area contributed by atoms with Crippen LogP contribution < -0.4 is 5.32 Å². The molecule has 0 aliphatic rings. The summed E-state index contributed by atoms with van der Waals surface area (Å²) in [5.41, 5.74) is 3.72. The molecule has 0 spiro atoms. The topological polar surface area (TPSA) is 40.8 Å². The van der Waals surface area contributed by atoms with Crippen molar-refractivity contribution in [2.45, 2.75) is 13.5 Å². The summed E-state index contributed by atoms with van der Waals surface area (Å²) in [6, 6.07) is 9.79. The number of benzene rings is 1. The van der Waals surface area contributed by atoms with Crippen LogP contribution in [0.4, 0.5) is 5.69 Å². The smallest absolute Gasteiger partial charge is 0.120 e. The fourth-order valence-electron chi connectivity index (χ4n) is 1.87. The molecule has 2 aromatic rings. The average molecular weight is 339 g/mol. The summed E-state index contributed by atoms with van der Waals surface area (Å²) in [7, 11) is 1.89. The maximum Gasteiger partial charge on any atom is 0.120 e. The molecule has 0 radical (unpaired) electrons. The summed E-state index contributed by atoms with van der Waals surface area (Å²) in [5.74, 6) is 0. The highest BCUT2D eigenvalue weighted by molar-refractivity contribution is 9.10. The predicted octanol–water partition coefficient (Wildman–Crippen LogP) is 4.23. The number of nitriles is 1. The van der Waals surface area contributed by atoms with Gasteiger partial charge in [0.15, 0.2) is 0 Å². The first-order valence-electron chi connectivity index (χ1n) is 5.77. The second-order valence-corrected chi connectivity index (χ2v) is 5.61. The summed E-state index contributed by atoms with van der Waals surface area (Å²) in [6.45, 7) is 2.64. The van der Waals surface area contributed by atoms with E-state index in [0.29, 0.717) is 17.3 Å². The number of nitrogens with zero attached hydrogens (tertiary/aromatic N) is 2. The number of anilines is 1. The molecule has 5 heteroatoms. The average Bonchev–Trinajstić information content (AvgIpc) is 2.65. The molecule has 0 amide bonds. The largest absolute Gasteiger partial charge is 0.380 e. The predicted molar refractivity (Wildman–Crippen MR) is 81.3 cm³/mol. The molecule has 1 aromatic heterocycles. The molecule has 1 aromatic carbocycles. The number of halogens is 2. The summed E-state index contributed by atoms with van der Waals surface area (Å²) in [6.07, 6.45) is 0. The van der Waals surface area contributed by atoms with Crippen molar-refractivity contribution in [3.63, 3.8) is 0 Å². The van der Waals surface area contributed by atoms with Crippen molar-refractivity contribution in [3.05, 3.63) is 50.7 Å². The fraction of sp³-hybridized carbons (Fsp3) is 0.214. The molecule has 2 rings (SSSR count). The number of hydrogen-bond donors (Lipinski definition) is 1. The molecule has 3 nitrogen and oxygen atoms in total. The summed E-state index contributed by atoms with van der Waals surface area (Å²) in [5, 5.41) is 13.0. The Morgan fingerprint density at radius 1 is 1.42 bits per heavy atom. The van der Waals surface area contributed by atoms with Crippen LogP contribution >= 0.6 is 27.5 Å². The highest BCUT2D eigenvalue weighted by Gasteiger charge is 2.09. The van der Waals surface area contributed by atoms with Crippen molar-refractivity contribution < 1.29 is 0 Å². The lowest BCUT2D eigenvalue weighted by Gasteiger charge is -2.09. The molecule has 0 unspecified atom stereocenters. The zero-order chi connectivity index (χ0) is 14.0. The molecule has 0 aliphatic carbocycles. The molecule has 0 fully saturated rings. The minimum absolute atomic E-state index is 0.642. The molecule has 0 bridgehead atoms. The Hall–Kier alpha value is -1.44. The molecule has 98 valence electrons. The van der Waals surface area contributed by atoms with Crippen molar-refractivity contribution in [2.75, 3.05) is 5.32 Å². The van der Waals surface area contributed by atoms with Crippen LogP contribution in [-0.2, 0) is 13.6 Å². The third-order valence-corrected chi connectivity index (χ3v) is 3.96. The summed E-state index contributed by atoms with van der Waals surface area (Å²) in [4.78, 5) is 0. The lowest BCUT2D eigenvalue weighted by molar-refractivity contribution is 0.856. The highest BCUT2D eigenvalue weighted by Crippen LogP contribution is 2.26. The van der Waals surface area contributed by atoms with Crippen LogP contribution in [-0.4, -0.2) is 4.57 Å². The molecular formula is C14H13BrClN3. The fourth-order valence-corrected chi connectivity index (χ4v) is 2.61. The van der Waals surface area contributed by atoms with Gasteiger partial charge in [0.2, 0.25) is 0 Å². The van der Waals surface area contributed by atoms with E-state index in [1.807, 2.05) is 42.8 Å². The van der Waals surface area contributed by atoms with Gasteiger partial charge in [0.25, 0.3) is 0 Å². The van der Waals surface area contributed by atoms with Gasteiger partial charge in [-0.05, 0) is 36.8 Å². The maximum absolute atomic E-state index is 9.00.